The van der Waals surface area contributed by atoms with Crippen molar-refractivity contribution in [1.82, 2.24) is 15.5 Å². The summed E-state index contributed by atoms with van der Waals surface area (Å²) in [4.78, 5) is 2.01. The van der Waals surface area contributed by atoms with Crippen molar-refractivity contribution >= 4 is 5.69 Å². The molecule has 2 N–H and O–H groups in total. The van der Waals surface area contributed by atoms with Crippen molar-refractivity contribution in [2.75, 3.05) is 18.0 Å². The monoisotopic (exact) mass is 332 g/mol. The van der Waals surface area contributed by atoms with Crippen LogP contribution in [0.1, 0.15) is 30.5 Å². The van der Waals surface area contributed by atoms with Gasteiger partial charge in [0, 0.05) is 43.4 Å². The second-order valence-electron chi connectivity index (χ2n) is 6.84. The van der Waals surface area contributed by atoms with Crippen LogP contribution in [0.3, 0.4) is 0 Å². The molecular weight excluding hydrogens is 310 g/mol. The fourth-order valence-electron chi connectivity index (χ4n) is 3.91. The molecule has 24 heavy (non-hydrogen) atoms. The molecule has 1 unspecified atom stereocenters. The Labute approximate surface area is 140 Å². The topological polar surface area (TPSA) is 44.0 Å². The van der Waals surface area contributed by atoms with Gasteiger partial charge in [0.25, 0.3) is 0 Å². The number of aromatic amines is 1. The molecule has 2 aromatic rings. The molecule has 6 heteroatoms. The summed E-state index contributed by atoms with van der Waals surface area (Å²) in [7, 11) is 0. The molecule has 1 aromatic heterocycles. The van der Waals surface area contributed by atoms with Crippen molar-refractivity contribution in [3.05, 3.63) is 47.3 Å². The van der Waals surface area contributed by atoms with E-state index in [0.717, 1.165) is 51.3 Å². The first kappa shape index (κ1) is 15.6. The largest absolute Gasteiger partial charge is 0.369 e. The second kappa shape index (κ2) is 6.51. The van der Waals surface area contributed by atoms with Crippen LogP contribution in [0.25, 0.3) is 0 Å². The van der Waals surface area contributed by atoms with Gasteiger partial charge in [-0.15, -0.1) is 0 Å². The summed E-state index contributed by atoms with van der Waals surface area (Å²) in [6.45, 7) is 1.59. The number of H-pyrrole nitrogens is 1. The van der Waals surface area contributed by atoms with Crippen LogP contribution in [0.2, 0.25) is 0 Å². The number of benzene rings is 1. The van der Waals surface area contributed by atoms with Gasteiger partial charge in [0.1, 0.15) is 11.6 Å². The van der Waals surface area contributed by atoms with Gasteiger partial charge in [-0.3, -0.25) is 5.10 Å². The summed E-state index contributed by atoms with van der Waals surface area (Å²) in [6, 6.07) is 4.77. The maximum absolute atomic E-state index is 13.9. The van der Waals surface area contributed by atoms with Crippen molar-refractivity contribution in [2.24, 2.45) is 0 Å². The minimum atomic E-state index is -0.525. The highest BCUT2D eigenvalue weighted by molar-refractivity contribution is 5.48. The summed E-state index contributed by atoms with van der Waals surface area (Å²) in [5, 5.41) is 11.0. The predicted molar refractivity (Wildman–Crippen MR) is 89.1 cm³/mol. The number of aryl methyl sites for hydroxylation is 1. The molecule has 1 aliphatic carbocycles. The molecule has 4 nitrogen and oxygen atoms in total. The Bertz CT molecular complexity index is 707. The number of piperidine rings is 1. The lowest BCUT2D eigenvalue weighted by Gasteiger charge is -2.36. The van der Waals surface area contributed by atoms with Gasteiger partial charge in [0.2, 0.25) is 0 Å². The molecule has 0 saturated carbocycles. The zero-order valence-corrected chi connectivity index (χ0v) is 13.6. The van der Waals surface area contributed by atoms with Gasteiger partial charge in [-0.1, -0.05) is 0 Å². The van der Waals surface area contributed by atoms with Gasteiger partial charge in [-0.05, 0) is 43.4 Å². The second-order valence-corrected chi connectivity index (χ2v) is 6.84. The maximum atomic E-state index is 13.9. The lowest BCUT2D eigenvalue weighted by Crippen LogP contribution is -2.48. The molecule has 1 aromatic carbocycles. The third-order valence-electron chi connectivity index (χ3n) is 5.24. The number of halogens is 2. The molecule has 1 aliphatic heterocycles. The number of hydrogen-bond acceptors (Lipinski definition) is 3. The third-order valence-corrected chi connectivity index (χ3v) is 5.24. The van der Waals surface area contributed by atoms with Gasteiger partial charge in [0.05, 0.1) is 11.9 Å². The molecule has 0 radical (unpaired) electrons. The zero-order valence-electron chi connectivity index (χ0n) is 13.6. The van der Waals surface area contributed by atoms with Gasteiger partial charge in [-0.25, -0.2) is 8.78 Å². The van der Waals surface area contributed by atoms with Gasteiger partial charge in [0.15, 0.2) is 0 Å². The van der Waals surface area contributed by atoms with Gasteiger partial charge < -0.3 is 10.2 Å². The number of anilines is 1. The average molecular weight is 332 g/mol. The number of aromatic nitrogens is 2. The predicted octanol–water partition coefficient (Wildman–Crippen LogP) is 2.80. The standard InChI is InChI=1S/C18H22F2N4/c19-13-2-4-18(16(20)9-13)24-7-5-14(6-8-24)22-15-3-1-12-11-21-23-17(12)10-15/h2,4,9,11,14-15,22H,1,3,5-8,10H2,(H,21,23). The van der Waals surface area contributed by atoms with Crippen molar-refractivity contribution in [3.63, 3.8) is 0 Å². The Morgan fingerprint density at radius 3 is 2.75 bits per heavy atom. The molecule has 0 spiro atoms. The van der Waals surface area contributed by atoms with E-state index in [1.54, 1.807) is 6.07 Å². The Hall–Kier alpha value is -1.95. The van der Waals surface area contributed by atoms with Crippen LogP contribution in [0.5, 0.6) is 0 Å². The summed E-state index contributed by atoms with van der Waals surface area (Å²) in [5.41, 5.74) is 3.11. The fraction of sp³-hybridized carbons (Fsp3) is 0.500. The first-order valence-corrected chi connectivity index (χ1v) is 8.66. The van der Waals surface area contributed by atoms with E-state index in [1.807, 2.05) is 11.1 Å². The van der Waals surface area contributed by atoms with Crippen molar-refractivity contribution in [1.29, 1.82) is 0 Å². The number of hydrogen-bond donors (Lipinski definition) is 2. The van der Waals surface area contributed by atoms with E-state index in [2.05, 4.69) is 15.5 Å². The number of nitrogens with one attached hydrogen (secondary N) is 2. The van der Waals surface area contributed by atoms with E-state index < -0.39 is 11.6 Å². The summed E-state index contributed by atoms with van der Waals surface area (Å²) >= 11 is 0. The fourth-order valence-corrected chi connectivity index (χ4v) is 3.91. The molecule has 1 fully saturated rings. The quantitative estimate of drug-likeness (QED) is 0.908. The highest BCUT2D eigenvalue weighted by Gasteiger charge is 2.26. The van der Waals surface area contributed by atoms with E-state index in [1.165, 1.54) is 17.3 Å². The van der Waals surface area contributed by atoms with Gasteiger partial charge >= 0.3 is 0 Å². The number of fused-ring (bicyclic) bond motifs is 1. The van der Waals surface area contributed by atoms with Crippen LogP contribution >= 0.6 is 0 Å². The third kappa shape index (κ3) is 3.15. The SMILES string of the molecule is Fc1ccc(N2CCC(NC3CCc4cn[nH]c4C3)CC2)c(F)c1. The normalized spacial score (nSPS) is 21.8. The van der Waals surface area contributed by atoms with Crippen LogP contribution in [0.15, 0.2) is 24.4 Å². The van der Waals surface area contributed by atoms with E-state index in [9.17, 15) is 8.78 Å². The van der Waals surface area contributed by atoms with Gasteiger partial charge in [-0.2, -0.15) is 5.10 Å². The molecular formula is C18H22F2N4. The van der Waals surface area contributed by atoms with E-state index >= 15 is 0 Å². The van der Waals surface area contributed by atoms with E-state index in [0.29, 0.717) is 17.8 Å². The smallest absolute Gasteiger partial charge is 0.149 e. The molecule has 1 saturated heterocycles. The highest BCUT2D eigenvalue weighted by atomic mass is 19.1. The lowest BCUT2D eigenvalue weighted by molar-refractivity contribution is 0.343. The maximum Gasteiger partial charge on any atom is 0.149 e. The van der Waals surface area contributed by atoms with Crippen LogP contribution in [-0.2, 0) is 12.8 Å². The molecule has 1 atom stereocenters. The summed E-state index contributed by atoms with van der Waals surface area (Å²) in [6.07, 6.45) is 7.10. The van der Waals surface area contributed by atoms with E-state index in [-0.39, 0.29) is 0 Å². The first-order chi connectivity index (χ1) is 11.7. The van der Waals surface area contributed by atoms with Crippen LogP contribution < -0.4 is 10.2 Å². The molecule has 0 amide bonds. The average Bonchev–Trinajstić information content (AvgIpc) is 3.04. The molecule has 0 bridgehead atoms. The Kier molecular flexibility index (Phi) is 4.22. The lowest BCUT2D eigenvalue weighted by atomic mass is 9.92. The number of rotatable bonds is 3. The summed E-state index contributed by atoms with van der Waals surface area (Å²) in [5.74, 6) is -0.997. The Morgan fingerprint density at radius 2 is 1.96 bits per heavy atom. The number of nitrogens with zero attached hydrogens (tertiary/aromatic N) is 2. The molecule has 2 heterocycles. The van der Waals surface area contributed by atoms with Crippen LogP contribution in [0, 0.1) is 11.6 Å². The Balaban J connectivity index is 1.32. The molecule has 2 aliphatic rings. The minimum Gasteiger partial charge on any atom is -0.369 e. The van der Waals surface area contributed by atoms with Crippen LogP contribution in [-0.4, -0.2) is 35.4 Å². The molecule has 128 valence electrons. The minimum absolute atomic E-state index is 0.458. The Morgan fingerprint density at radius 1 is 1.12 bits per heavy atom. The van der Waals surface area contributed by atoms with Crippen molar-refractivity contribution in [3.8, 4) is 0 Å². The molecule has 4 rings (SSSR count). The zero-order chi connectivity index (χ0) is 16.5. The first-order valence-electron chi connectivity index (χ1n) is 8.66. The van der Waals surface area contributed by atoms with E-state index in [4.69, 9.17) is 0 Å². The highest BCUT2D eigenvalue weighted by Crippen LogP contribution is 2.25. The van der Waals surface area contributed by atoms with Crippen molar-refractivity contribution < 1.29 is 8.78 Å². The van der Waals surface area contributed by atoms with Crippen molar-refractivity contribution in [2.45, 2.75) is 44.2 Å². The van der Waals surface area contributed by atoms with Crippen LogP contribution in [0.4, 0.5) is 14.5 Å². The summed E-state index contributed by atoms with van der Waals surface area (Å²) < 4.78 is 27.0.